The van der Waals surface area contributed by atoms with Crippen LogP contribution in [0.2, 0.25) is 0 Å². The highest BCUT2D eigenvalue weighted by molar-refractivity contribution is 5.85. The van der Waals surface area contributed by atoms with Crippen molar-refractivity contribution in [3.63, 3.8) is 0 Å². The van der Waals surface area contributed by atoms with Gasteiger partial charge in [-0.25, -0.2) is 0 Å². The third kappa shape index (κ3) is 4.36. The summed E-state index contributed by atoms with van der Waals surface area (Å²) in [5.74, 6) is 1.31. The van der Waals surface area contributed by atoms with E-state index in [0.29, 0.717) is 12.5 Å². The predicted molar refractivity (Wildman–Crippen MR) is 114 cm³/mol. The normalized spacial score (nSPS) is 18.6. The number of carbonyl (C=O) groups excluding carboxylic acids is 1. The zero-order valence-electron chi connectivity index (χ0n) is 16.9. The number of likely N-dealkylation sites (tertiary alicyclic amines) is 1. The van der Waals surface area contributed by atoms with E-state index in [4.69, 9.17) is 14.2 Å². The van der Waals surface area contributed by atoms with E-state index in [1.54, 1.807) is 0 Å². The quantitative estimate of drug-likeness (QED) is 0.651. The van der Waals surface area contributed by atoms with Gasteiger partial charge in [0.05, 0.1) is 0 Å². The van der Waals surface area contributed by atoms with Crippen molar-refractivity contribution in [2.75, 3.05) is 19.9 Å². The minimum Gasteiger partial charge on any atom is -0.454 e. The van der Waals surface area contributed by atoms with Crippen LogP contribution in [0.1, 0.15) is 50.3 Å². The van der Waals surface area contributed by atoms with Crippen molar-refractivity contribution in [3.8, 4) is 11.5 Å². The Kier molecular flexibility index (Phi) is 6.70. The Morgan fingerprint density at radius 2 is 1.79 bits per heavy atom. The van der Waals surface area contributed by atoms with Crippen molar-refractivity contribution in [3.05, 3.63) is 59.7 Å². The number of carbonyl (C=O) groups is 1. The van der Waals surface area contributed by atoms with Crippen LogP contribution in [0, 0.1) is 0 Å². The maximum Gasteiger partial charge on any atom is 0.306 e. The first-order valence-corrected chi connectivity index (χ1v) is 10.0. The number of benzene rings is 2. The molecule has 2 aromatic rings. The van der Waals surface area contributed by atoms with Crippen LogP contribution in [0.25, 0.3) is 0 Å². The standard InChI is InChI=1S/C23H27NO4.ClH/c1-3-22(25)28-23(19-9-10-20-21(15-19)27-16-26-20)11-13-24(14-12-23)17(2)18-7-5-4-6-8-18;/h4-10,15,17H,3,11-14,16H2,1-2H3;1H. The third-order valence-electron chi connectivity index (χ3n) is 5.93. The lowest BCUT2D eigenvalue weighted by atomic mass is 9.83. The molecule has 1 unspecified atom stereocenters. The van der Waals surface area contributed by atoms with E-state index in [-0.39, 0.29) is 25.2 Å². The van der Waals surface area contributed by atoms with E-state index in [1.807, 2.05) is 31.2 Å². The van der Waals surface area contributed by atoms with E-state index in [0.717, 1.165) is 43.0 Å². The molecule has 0 amide bonds. The fourth-order valence-corrected chi connectivity index (χ4v) is 4.13. The van der Waals surface area contributed by atoms with Crippen LogP contribution in [0.5, 0.6) is 11.5 Å². The Balaban J connectivity index is 0.00000240. The second-order valence-corrected chi connectivity index (χ2v) is 7.51. The van der Waals surface area contributed by atoms with Gasteiger partial charge in [0.15, 0.2) is 11.5 Å². The maximum absolute atomic E-state index is 12.2. The van der Waals surface area contributed by atoms with E-state index in [1.165, 1.54) is 5.56 Å². The maximum atomic E-state index is 12.2. The lowest BCUT2D eigenvalue weighted by Crippen LogP contribution is -2.46. The van der Waals surface area contributed by atoms with Crippen molar-refractivity contribution in [1.29, 1.82) is 0 Å². The number of piperidine rings is 1. The number of ether oxygens (including phenoxy) is 3. The van der Waals surface area contributed by atoms with Gasteiger partial charge in [-0.1, -0.05) is 43.3 Å². The zero-order chi connectivity index (χ0) is 19.6. The molecule has 0 N–H and O–H groups in total. The van der Waals surface area contributed by atoms with Gasteiger partial charge in [0, 0.05) is 38.4 Å². The molecule has 0 radical (unpaired) electrons. The highest BCUT2D eigenvalue weighted by Crippen LogP contribution is 2.43. The number of esters is 1. The number of fused-ring (bicyclic) bond motifs is 1. The second-order valence-electron chi connectivity index (χ2n) is 7.51. The largest absolute Gasteiger partial charge is 0.454 e. The van der Waals surface area contributed by atoms with E-state index >= 15 is 0 Å². The van der Waals surface area contributed by atoms with Gasteiger partial charge in [-0.3, -0.25) is 9.69 Å². The van der Waals surface area contributed by atoms with Crippen molar-refractivity contribution in [2.45, 2.75) is 44.8 Å². The molecule has 2 aromatic carbocycles. The first kappa shape index (κ1) is 21.5. The molecule has 0 saturated carbocycles. The second kappa shape index (κ2) is 9.06. The van der Waals surface area contributed by atoms with Gasteiger partial charge in [-0.2, -0.15) is 0 Å². The summed E-state index contributed by atoms with van der Waals surface area (Å²) >= 11 is 0. The molecule has 6 heteroatoms. The van der Waals surface area contributed by atoms with Crippen LogP contribution in [-0.4, -0.2) is 30.8 Å². The molecule has 0 aromatic heterocycles. The van der Waals surface area contributed by atoms with Gasteiger partial charge < -0.3 is 14.2 Å². The molecule has 29 heavy (non-hydrogen) atoms. The molecular formula is C23H28ClNO4. The Labute approximate surface area is 178 Å². The Hall–Kier alpha value is -2.24. The van der Waals surface area contributed by atoms with Crippen LogP contribution in [0.4, 0.5) is 0 Å². The number of hydrogen-bond donors (Lipinski definition) is 0. The molecular weight excluding hydrogens is 390 g/mol. The summed E-state index contributed by atoms with van der Waals surface area (Å²) in [5, 5.41) is 0. The van der Waals surface area contributed by atoms with Crippen LogP contribution in [-0.2, 0) is 15.1 Å². The average Bonchev–Trinajstić information content (AvgIpc) is 3.22. The van der Waals surface area contributed by atoms with E-state index < -0.39 is 5.60 Å². The average molecular weight is 418 g/mol. The number of rotatable bonds is 5. The lowest BCUT2D eigenvalue weighted by molar-refractivity contribution is -0.167. The summed E-state index contributed by atoms with van der Waals surface area (Å²) < 4.78 is 17.0. The monoisotopic (exact) mass is 417 g/mol. The van der Waals surface area contributed by atoms with Crippen molar-refractivity contribution >= 4 is 18.4 Å². The van der Waals surface area contributed by atoms with Crippen LogP contribution in [0.3, 0.4) is 0 Å². The SMILES string of the molecule is CCC(=O)OC1(c2ccc3c(c2)OCO3)CCN(C(C)c2ccccc2)CC1.Cl. The van der Waals surface area contributed by atoms with Crippen molar-refractivity contribution in [2.24, 2.45) is 0 Å². The summed E-state index contributed by atoms with van der Waals surface area (Å²) in [6.45, 7) is 6.04. The molecule has 1 fully saturated rings. The first-order chi connectivity index (χ1) is 13.6. The fraction of sp³-hybridized carbons (Fsp3) is 0.435. The summed E-state index contributed by atoms with van der Waals surface area (Å²) in [4.78, 5) is 14.7. The van der Waals surface area contributed by atoms with Gasteiger partial charge in [0.25, 0.3) is 0 Å². The van der Waals surface area contributed by atoms with Crippen molar-refractivity contribution < 1.29 is 19.0 Å². The summed E-state index contributed by atoms with van der Waals surface area (Å²) in [7, 11) is 0. The molecule has 156 valence electrons. The molecule has 1 atom stereocenters. The van der Waals surface area contributed by atoms with Gasteiger partial charge in [-0.05, 0) is 30.2 Å². The summed E-state index contributed by atoms with van der Waals surface area (Å²) in [6.07, 6.45) is 1.89. The minimum atomic E-state index is -0.610. The number of hydrogen-bond acceptors (Lipinski definition) is 5. The van der Waals surface area contributed by atoms with Gasteiger partial charge in [0.2, 0.25) is 6.79 Å². The topological polar surface area (TPSA) is 48.0 Å². The molecule has 4 rings (SSSR count). The zero-order valence-corrected chi connectivity index (χ0v) is 17.7. The van der Waals surface area contributed by atoms with Crippen molar-refractivity contribution in [1.82, 2.24) is 4.90 Å². The van der Waals surface area contributed by atoms with Gasteiger partial charge in [0.1, 0.15) is 5.60 Å². The van der Waals surface area contributed by atoms with E-state index in [9.17, 15) is 4.79 Å². The molecule has 1 saturated heterocycles. The van der Waals surface area contributed by atoms with Crippen LogP contribution in [0.15, 0.2) is 48.5 Å². The van der Waals surface area contributed by atoms with Gasteiger partial charge >= 0.3 is 5.97 Å². The highest BCUT2D eigenvalue weighted by Gasteiger charge is 2.41. The number of nitrogens with zero attached hydrogens (tertiary/aromatic N) is 1. The lowest BCUT2D eigenvalue weighted by Gasteiger charge is -2.43. The molecule has 0 bridgehead atoms. The first-order valence-electron chi connectivity index (χ1n) is 10.0. The Morgan fingerprint density at radius 3 is 2.48 bits per heavy atom. The molecule has 0 spiro atoms. The Bertz CT molecular complexity index is 834. The number of halogens is 1. The fourth-order valence-electron chi connectivity index (χ4n) is 4.13. The van der Waals surface area contributed by atoms with Gasteiger partial charge in [-0.15, -0.1) is 12.4 Å². The minimum absolute atomic E-state index is 0. The van der Waals surface area contributed by atoms with E-state index in [2.05, 4.69) is 36.1 Å². The summed E-state index contributed by atoms with van der Waals surface area (Å²) in [5.41, 5.74) is 1.69. The summed E-state index contributed by atoms with van der Waals surface area (Å²) in [6, 6.07) is 16.8. The van der Waals surface area contributed by atoms with Crippen LogP contribution < -0.4 is 9.47 Å². The molecule has 5 nitrogen and oxygen atoms in total. The predicted octanol–water partition coefficient (Wildman–Crippen LogP) is 4.84. The highest BCUT2D eigenvalue weighted by atomic mass is 35.5. The third-order valence-corrected chi connectivity index (χ3v) is 5.93. The molecule has 2 aliphatic rings. The molecule has 2 heterocycles. The molecule has 0 aliphatic carbocycles. The van der Waals surface area contributed by atoms with Crippen LogP contribution >= 0.6 is 12.4 Å². The molecule has 2 aliphatic heterocycles. The Morgan fingerprint density at radius 1 is 1.10 bits per heavy atom. The smallest absolute Gasteiger partial charge is 0.306 e.